The largest absolute Gasteiger partial charge is 0.370 e. The van der Waals surface area contributed by atoms with Gasteiger partial charge in [-0.05, 0) is 43.7 Å². The normalized spacial score (nSPS) is 14.0. The van der Waals surface area contributed by atoms with Gasteiger partial charge < -0.3 is 5.32 Å². The minimum atomic E-state index is 0.458. The van der Waals surface area contributed by atoms with Crippen LogP contribution in [0.1, 0.15) is 49.3 Å². The smallest absolute Gasteiger partial charge is 0.133 e. The highest BCUT2D eigenvalue weighted by atomic mass is 15.3. The van der Waals surface area contributed by atoms with E-state index in [1.54, 1.807) is 0 Å². The summed E-state index contributed by atoms with van der Waals surface area (Å²) in [7, 11) is 0. The Morgan fingerprint density at radius 3 is 2.54 bits per heavy atom. The highest BCUT2D eigenvalue weighted by molar-refractivity contribution is 5.71. The lowest BCUT2D eigenvalue weighted by Gasteiger charge is -2.15. The Hall–Kier alpha value is -2.55. The number of hydrogen-bond donors (Lipinski definition) is 1. The molecule has 0 spiro atoms. The van der Waals surface area contributed by atoms with Gasteiger partial charge in [0.15, 0.2) is 0 Å². The van der Waals surface area contributed by atoms with Gasteiger partial charge in [0.1, 0.15) is 5.82 Å². The molecule has 0 atom stereocenters. The zero-order valence-electron chi connectivity index (χ0n) is 15.9. The third kappa shape index (κ3) is 3.03. The van der Waals surface area contributed by atoms with Crippen molar-refractivity contribution < 1.29 is 0 Å². The second-order valence-electron chi connectivity index (χ2n) is 7.55. The first-order valence-corrected chi connectivity index (χ1v) is 9.67. The summed E-state index contributed by atoms with van der Waals surface area (Å²) in [5.74, 6) is 1.63. The van der Waals surface area contributed by atoms with E-state index < -0.39 is 0 Å². The minimum Gasteiger partial charge on any atom is -0.370 e. The zero-order chi connectivity index (χ0) is 18.1. The average molecular weight is 345 g/mol. The summed E-state index contributed by atoms with van der Waals surface area (Å²) in [5.41, 5.74) is 7.47. The number of aromatic nitrogens is 2. The molecular weight excluding hydrogens is 318 g/mol. The maximum absolute atomic E-state index is 5.10. The number of nitrogens with zero attached hydrogens (tertiary/aromatic N) is 2. The van der Waals surface area contributed by atoms with Gasteiger partial charge in [0.25, 0.3) is 0 Å². The molecule has 0 aliphatic carbocycles. The first kappa shape index (κ1) is 16.9. The molecule has 134 valence electrons. The third-order valence-corrected chi connectivity index (χ3v) is 5.24. The van der Waals surface area contributed by atoms with E-state index in [0.717, 1.165) is 18.7 Å². The van der Waals surface area contributed by atoms with Crippen LogP contribution in [0, 0.1) is 6.92 Å². The molecule has 4 rings (SSSR count). The molecule has 2 aromatic carbocycles. The molecule has 0 radical (unpaired) electrons. The van der Waals surface area contributed by atoms with E-state index in [0.29, 0.717) is 5.92 Å². The number of para-hydroxylation sites is 1. The van der Waals surface area contributed by atoms with Crippen LogP contribution in [0.3, 0.4) is 0 Å². The Bertz CT molecular complexity index is 904. The van der Waals surface area contributed by atoms with Crippen molar-refractivity contribution in [1.29, 1.82) is 0 Å². The fourth-order valence-corrected chi connectivity index (χ4v) is 3.79. The van der Waals surface area contributed by atoms with E-state index in [-0.39, 0.29) is 0 Å². The topological polar surface area (TPSA) is 29.9 Å². The predicted molar refractivity (Wildman–Crippen MR) is 109 cm³/mol. The molecule has 0 unspecified atom stereocenters. The van der Waals surface area contributed by atoms with Crippen LogP contribution in [0.25, 0.3) is 16.9 Å². The van der Waals surface area contributed by atoms with E-state index in [9.17, 15) is 0 Å². The number of benzene rings is 2. The van der Waals surface area contributed by atoms with Gasteiger partial charge in [-0.3, -0.25) is 0 Å². The summed E-state index contributed by atoms with van der Waals surface area (Å²) in [5, 5.41) is 8.76. The van der Waals surface area contributed by atoms with Crippen LogP contribution in [0.2, 0.25) is 0 Å². The molecule has 1 N–H and O–H groups in total. The monoisotopic (exact) mass is 345 g/mol. The van der Waals surface area contributed by atoms with Gasteiger partial charge >= 0.3 is 0 Å². The minimum absolute atomic E-state index is 0.458. The second-order valence-corrected chi connectivity index (χ2v) is 7.55. The molecule has 1 aliphatic rings. The highest BCUT2D eigenvalue weighted by Crippen LogP contribution is 2.35. The van der Waals surface area contributed by atoms with Crippen molar-refractivity contribution in [2.45, 2.75) is 46.0 Å². The molecule has 26 heavy (non-hydrogen) atoms. The Morgan fingerprint density at radius 2 is 1.77 bits per heavy atom. The number of anilines is 1. The Morgan fingerprint density at radius 1 is 1.00 bits per heavy atom. The first-order chi connectivity index (χ1) is 12.6. The van der Waals surface area contributed by atoms with Crippen molar-refractivity contribution in [3.63, 3.8) is 0 Å². The molecule has 0 fully saturated rings. The lowest BCUT2D eigenvalue weighted by molar-refractivity contribution is 0.776. The molecule has 3 heteroatoms. The lowest BCUT2D eigenvalue weighted by Crippen LogP contribution is -2.09. The number of hydrogen-bond acceptors (Lipinski definition) is 2. The van der Waals surface area contributed by atoms with Gasteiger partial charge in [0.05, 0.1) is 11.4 Å². The van der Waals surface area contributed by atoms with Crippen LogP contribution < -0.4 is 5.32 Å². The SMILES string of the molecule is Cc1ccc(-c2nn(-c3ccccc3C(C)C)c3c2CCCCN3)cc1. The summed E-state index contributed by atoms with van der Waals surface area (Å²) >= 11 is 0. The van der Waals surface area contributed by atoms with Crippen molar-refractivity contribution in [2.24, 2.45) is 0 Å². The fourth-order valence-electron chi connectivity index (χ4n) is 3.79. The summed E-state index contributed by atoms with van der Waals surface area (Å²) < 4.78 is 2.14. The van der Waals surface area contributed by atoms with Crippen molar-refractivity contribution >= 4 is 5.82 Å². The highest BCUT2D eigenvalue weighted by Gasteiger charge is 2.23. The van der Waals surface area contributed by atoms with Gasteiger partial charge in [-0.25, -0.2) is 4.68 Å². The lowest BCUT2D eigenvalue weighted by atomic mass is 10.0. The summed E-state index contributed by atoms with van der Waals surface area (Å²) in [6, 6.07) is 17.4. The van der Waals surface area contributed by atoms with E-state index in [1.165, 1.54) is 46.6 Å². The van der Waals surface area contributed by atoms with Crippen molar-refractivity contribution in [2.75, 3.05) is 11.9 Å². The fraction of sp³-hybridized carbons (Fsp3) is 0.348. The van der Waals surface area contributed by atoms with Crippen LogP contribution in [-0.4, -0.2) is 16.3 Å². The summed E-state index contributed by atoms with van der Waals surface area (Å²) in [6.45, 7) is 7.63. The number of rotatable bonds is 3. The average Bonchev–Trinajstić information content (AvgIpc) is 2.84. The first-order valence-electron chi connectivity index (χ1n) is 9.67. The number of fused-ring (bicyclic) bond motifs is 1. The zero-order valence-corrected chi connectivity index (χ0v) is 15.9. The quantitative estimate of drug-likeness (QED) is 0.658. The number of aryl methyl sites for hydroxylation is 1. The Kier molecular flexibility index (Phi) is 4.54. The van der Waals surface area contributed by atoms with Gasteiger partial charge in [-0.15, -0.1) is 0 Å². The molecular formula is C23H27N3. The standard InChI is InChI=1S/C23H27N3/c1-16(2)19-8-4-5-10-21(19)26-23-20(9-6-7-15-24-23)22(25-26)18-13-11-17(3)12-14-18/h4-5,8,10-14,16,24H,6-7,9,15H2,1-3H3. The van der Waals surface area contributed by atoms with E-state index in [4.69, 9.17) is 5.10 Å². The van der Waals surface area contributed by atoms with E-state index >= 15 is 0 Å². The van der Waals surface area contributed by atoms with Crippen LogP contribution in [0.5, 0.6) is 0 Å². The van der Waals surface area contributed by atoms with Gasteiger partial charge in [-0.2, -0.15) is 5.10 Å². The molecule has 0 saturated heterocycles. The van der Waals surface area contributed by atoms with Gasteiger partial charge in [0.2, 0.25) is 0 Å². The van der Waals surface area contributed by atoms with E-state index in [2.05, 4.69) is 79.3 Å². The third-order valence-electron chi connectivity index (χ3n) is 5.24. The molecule has 1 aliphatic heterocycles. The number of nitrogens with one attached hydrogen (secondary N) is 1. The van der Waals surface area contributed by atoms with Crippen molar-refractivity contribution in [3.05, 3.63) is 65.2 Å². The van der Waals surface area contributed by atoms with Crippen LogP contribution in [0.4, 0.5) is 5.82 Å². The van der Waals surface area contributed by atoms with E-state index in [1.807, 2.05) is 0 Å². The van der Waals surface area contributed by atoms with Crippen LogP contribution in [0.15, 0.2) is 48.5 Å². The molecule has 0 bridgehead atoms. The molecule has 0 saturated carbocycles. The van der Waals surface area contributed by atoms with Crippen molar-refractivity contribution in [1.82, 2.24) is 9.78 Å². The van der Waals surface area contributed by atoms with Crippen LogP contribution >= 0.6 is 0 Å². The second kappa shape index (κ2) is 6.99. The summed E-state index contributed by atoms with van der Waals surface area (Å²) in [4.78, 5) is 0. The maximum atomic E-state index is 5.10. The van der Waals surface area contributed by atoms with Crippen LogP contribution in [-0.2, 0) is 6.42 Å². The molecule has 2 heterocycles. The molecule has 3 aromatic rings. The molecule has 0 amide bonds. The van der Waals surface area contributed by atoms with Gasteiger partial charge in [0, 0.05) is 17.7 Å². The Labute approximate surface area is 156 Å². The van der Waals surface area contributed by atoms with Gasteiger partial charge in [-0.1, -0.05) is 61.9 Å². The van der Waals surface area contributed by atoms with Crippen molar-refractivity contribution in [3.8, 4) is 16.9 Å². The maximum Gasteiger partial charge on any atom is 0.133 e. The molecule has 3 nitrogen and oxygen atoms in total. The summed E-state index contributed by atoms with van der Waals surface area (Å²) in [6.07, 6.45) is 3.49. The predicted octanol–water partition coefficient (Wildman–Crippen LogP) is 5.72. The molecule has 1 aromatic heterocycles. The Balaban J connectivity index is 1.92.